The Kier molecular flexibility index (Phi) is 6.10. The highest BCUT2D eigenvalue weighted by Crippen LogP contribution is 2.18. The first-order valence-corrected chi connectivity index (χ1v) is 9.45. The third kappa shape index (κ3) is 4.34. The molecule has 5 heteroatoms. The van der Waals surface area contributed by atoms with Crippen molar-refractivity contribution in [3.8, 4) is 0 Å². The Morgan fingerprint density at radius 3 is 2.54 bits per heavy atom. The number of hydrogen-bond acceptors (Lipinski definition) is 4. The van der Waals surface area contributed by atoms with Crippen molar-refractivity contribution < 1.29 is 4.79 Å². The second kappa shape index (κ2) is 8.70. The number of hydrogen-bond donors (Lipinski definition) is 0. The summed E-state index contributed by atoms with van der Waals surface area (Å²) < 4.78 is 0. The van der Waals surface area contributed by atoms with Crippen LogP contribution in [0.5, 0.6) is 0 Å². The van der Waals surface area contributed by atoms with Gasteiger partial charge in [-0.2, -0.15) is 0 Å². The van der Waals surface area contributed by atoms with Crippen molar-refractivity contribution in [3.05, 3.63) is 54.4 Å². The van der Waals surface area contributed by atoms with Crippen LogP contribution in [0.4, 0.5) is 11.4 Å². The summed E-state index contributed by atoms with van der Waals surface area (Å²) in [6, 6.07) is 14.3. The first kappa shape index (κ1) is 18.2. The second-order valence-electron chi connectivity index (χ2n) is 6.79. The average molecular weight is 352 g/mol. The summed E-state index contributed by atoms with van der Waals surface area (Å²) in [4.78, 5) is 23.6. The van der Waals surface area contributed by atoms with Gasteiger partial charge in [-0.3, -0.25) is 9.78 Å². The van der Waals surface area contributed by atoms with Gasteiger partial charge in [-0.05, 0) is 30.7 Å². The van der Waals surface area contributed by atoms with Crippen LogP contribution in [-0.4, -0.2) is 55.6 Å². The summed E-state index contributed by atoms with van der Waals surface area (Å²) in [6.07, 6.45) is 4.04. The first-order valence-electron chi connectivity index (χ1n) is 9.45. The largest absolute Gasteiger partial charge is 0.374 e. The molecule has 0 spiro atoms. The van der Waals surface area contributed by atoms with Crippen molar-refractivity contribution in [1.82, 2.24) is 9.88 Å². The van der Waals surface area contributed by atoms with Gasteiger partial charge in [-0.15, -0.1) is 0 Å². The van der Waals surface area contributed by atoms with Crippen LogP contribution in [0.2, 0.25) is 0 Å². The van der Waals surface area contributed by atoms with E-state index in [1.807, 2.05) is 23.1 Å². The first-order chi connectivity index (χ1) is 12.7. The van der Waals surface area contributed by atoms with Gasteiger partial charge in [-0.1, -0.05) is 31.5 Å². The maximum Gasteiger partial charge on any atom is 0.272 e. The number of carbonyl (C=O) groups is 1. The summed E-state index contributed by atoms with van der Waals surface area (Å²) in [7, 11) is 2.07. The number of amides is 1. The molecule has 0 saturated carbocycles. The van der Waals surface area contributed by atoms with Crippen molar-refractivity contribution in [3.63, 3.8) is 0 Å². The zero-order valence-electron chi connectivity index (χ0n) is 15.8. The SMILES string of the molecule is CCCCN(C)c1ccnc(C(=O)N2CCN(c3ccccc3)CC2)c1. The normalized spacial score (nSPS) is 14.4. The minimum absolute atomic E-state index is 0.0310. The number of nitrogens with zero attached hydrogens (tertiary/aromatic N) is 4. The number of rotatable bonds is 6. The molecule has 0 bridgehead atoms. The third-order valence-corrected chi connectivity index (χ3v) is 4.94. The Balaban J connectivity index is 1.62. The molecule has 5 nitrogen and oxygen atoms in total. The molecule has 0 unspecified atom stereocenters. The van der Waals surface area contributed by atoms with E-state index < -0.39 is 0 Å². The Hall–Kier alpha value is -2.56. The van der Waals surface area contributed by atoms with Gasteiger partial charge in [0.1, 0.15) is 5.69 Å². The minimum atomic E-state index is 0.0310. The van der Waals surface area contributed by atoms with Crippen LogP contribution >= 0.6 is 0 Å². The molecule has 1 aromatic heterocycles. The molecule has 0 radical (unpaired) electrons. The molecule has 1 aromatic carbocycles. The highest BCUT2D eigenvalue weighted by Gasteiger charge is 2.23. The summed E-state index contributed by atoms with van der Waals surface area (Å²) in [5, 5.41) is 0. The molecule has 2 heterocycles. The Labute approximate surface area is 156 Å². The Morgan fingerprint density at radius 1 is 1.12 bits per heavy atom. The highest BCUT2D eigenvalue weighted by molar-refractivity contribution is 5.93. The number of para-hydroxylation sites is 1. The fraction of sp³-hybridized carbons (Fsp3) is 0.429. The molecule has 1 amide bonds. The number of benzene rings is 1. The van der Waals surface area contributed by atoms with Crippen molar-refractivity contribution in [2.45, 2.75) is 19.8 Å². The van der Waals surface area contributed by atoms with E-state index in [-0.39, 0.29) is 5.91 Å². The molecule has 0 atom stereocenters. The van der Waals surface area contributed by atoms with Crippen LogP contribution in [0.15, 0.2) is 48.7 Å². The number of unbranched alkanes of at least 4 members (excludes halogenated alkanes) is 1. The summed E-state index contributed by atoms with van der Waals surface area (Å²) in [6.45, 7) is 6.34. The number of anilines is 2. The molecule has 0 N–H and O–H groups in total. The van der Waals surface area contributed by atoms with Crippen LogP contribution in [0.25, 0.3) is 0 Å². The summed E-state index contributed by atoms with van der Waals surface area (Å²) >= 11 is 0. The maximum atomic E-state index is 12.9. The Morgan fingerprint density at radius 2 is 1.85 bits per heavy atom. The monoisotopic (exact) mass is 352 g/mol. The summed E-state index contributed by atoms with van der Waals surface area (Å²) in [5.74, 6) is 0.0310. The zero-order valence-corrected chi connectivity index (χ0v) is 15.8. The van der Waals surface area contributed by atoms with E-state index in [9.17, 15) is 4.79 Å². The maximum absolute atomic E-state index is 12.9. The smallest absolute Gasteiger partial charge is 0.272 e. The molecular weight excluding hydrogens is 324 g/mol. The molecular formula is C21H28N4O. The average Bonchev–Trinajstić information content (AvgIpc) is 2.72. The molecule has 26 heavy (non-hydrogen) atoms. The van der Waals surface area contributed by atoms with Crippen molar-refractivity contribution in [2.24, 2.45) is 0 Å². The minimum Gasteiger partial charge on any atom is -0.374 e. The van der Waals surface area contributed by atoms with E-state index in [1.54, 1.807) is 6.20 Å². The van der Waals surface area contributed by atoms with Crippen LogP contribution < -0.4 is 9.80 Å². The molecule has 1 aliphatic heterocycles. The van der Waals surface area contributed by atoms with Crippen LogP contribution in [0.3, 0.4) is 0 Å². The third-order valence-electron chi connectivity index (χ3n) is 4.94. The van der Waals surface area contributed by atoms with E-state index in [0.29, 0.717) is 5.69 Å². The van der Waals surface area contributed by atoms with Gasteiger partial charge in [0.05, 0.1) is 0 Å². The number of carbonyl (C=O) groups excluding carboxylic acids is 1. The number of pyridine rings is 1. The fourth-order valence-corrected chi connectivity index (χ4v) is 3.27. The highest BCUT2D eigenvalue weighted by atomic mass is 16.2. The topological polar surface area (TPSA) is 39.7 Å². The van der Waals surface area contributed by atoms with E-state index in [0.717, 1.165) is 51.3 Å². The number of piperazine rings is 1. The lowest BCUT2D eigenvalue weighted by Gasteiger charge is -2.36. The van der Waals surface area contributed by atoms with E-state index in [2.05, 4.69) is 53.0 Å². The lowest BCUT2D eigenvalue weighted by Crippen LogP contribution is -2.49. The van der Waals surface area contributed by atoms with Gasteiger partial charge in [0.25, 0.3) is 5.91 Å². The molecule has 2 aromatic rings. The van der Waals surface area contributed by atoms with Gasteiger partial charge < -0.3 is 14.7 Å². The van der Waals surface area contributed by atoms with Crippen molar-refractivity contribution in [1.29, 1.82) is 0 Å². The van der Waals surface area contributed by atoms with E-state index in [4.69, 9.17) is 0 Å². The standard InChI is InChI=1S/C21H28N4O/c1-3-4-12-23(2)19-10-11-22-20(17-19)21(26)25-15-13-24(14-16-25)18-8-6-5-7-9-18/h5-11,17H,3-4,12-16H2,1-2H3. The van der Waals surface area contributed by atoms with Crippen molar-refractivity contribution in [2.75, 3.05) is 49.6 Å². The van der Waals surface area contributed by atoms with Crippen molar-refractivity contribution >= 4 is 17.3 Å². The predicted octanol–water partition coefficient (Wildman–Crippen LogP) is 3.28. The molecule has 1 fully saturated rings. The number of aromatic nitrogens is 1. The Bertz CT molecular complexity index is 711. The quantitative estimate of drug-likeness (QED) is 0.800. The summed E-state index contributed by atoms with van der Waals surface area (Å²) in [5.41, 5.74) is 2.82. The molecule has 3 rings (SSSR count). The predicted molar refractivity (Wildman–Crippen MR) is 107 cm³/mol. The van der Waals surface area contributed by atoms with Gasteiger partial charge >= 0.3 is 0 Å². The van der Waals surface area contributed by atoms with Crippen LogP contribution in [-0.2, 0) is 0 Å². The molecule has 1 saturated heterocycles. The van der Waals surface area contributed by atoms with Gasteiger partial charge in [-0.25, -0.2) is 0 Å². The van der Waals surface area contributed by atoms with E-state index in [1.165, 1.54) is 5.69 Å². The van der Waals surface area contributed by atoms with Gasteiger partial charge in [0, 0.05) is 57.3 Å². The molecule has 0 aliphatic carbocycles. The fourth-order valence-electron chi connectivity index (χ4n) is 3.27. The van der Waals surface area contributed by atoms with Gasteiger partial charge in [0.2, 0.25) is 0 Å². The van der Waals surface area contributed by atoms with Crippen LogP contribution in [0.1, 0.15) is 30.3 Å². The van der Waals surface area contributed by atoms with Gasteiger partial charge in [0.15, 0.2) is 0 Å². The second-order valence-corrected chi connectivity index (χ2v) is 6.79. The lowest BCUT2D eigenvalue weighted by atomic mass is 10.2. The molecule has 1 aliphatic rings. The zero-order chi connectivity index (χ0) is 18.4. The molecule has 138 valence electrons. The van der Waals surface area contributed by atoms with E-state index >= 15 is 0 Å². The lowest BCUT2D eigenvalue weighted by molar-refractivity contribution is 0.0741. The van der Waals surface area contributed by atoms with Crippen LogP contribution in [0, 0.1) is 0 Å².